The zero-order valence-electron chi connectivity index (χ0n) is 21.8. The highest BCUT2D eigenvalue weighted by Crippen LogP contribution is 2.42. The van der Waals surface area contributed by atoms with Crippen molar-refractivity contribution in [1.82, 2.24) is 15.5 Å². The Balaban J connectivity index is 1.86. The maximum atomic E-state index is 13.7. The Hall–Kier alpha value is -3.82. The van der Waals surface area contributed by atoms with Gasteiger partial charge in [-0.15, -0.1) is 0 Å². The third-order valence-electron chi connectivity index (χ3n) is 6.58. The van der Waals surface area contributed by atoms with Crippen LogP contribution in [-0.4, -0.2) is 22.2 Å². The van der Waals surface area contributed by atoms with Gasteiger partial charge in [0.15, 0.2) is 12.4 Å². The number of hydrogen-bond acceptors (Lipinski definition) is 7. The van der Waals surface area contributed by atoms with E-state index in [0.717, 1.165) is 19.1 Å². The second kappa shape index (κ2) is 11.5. The molecule has 4 rings (SSSR count). The lowest BCUT2D eigenvalue weighted by molar-refractivity contribution is -0.144. The van der Waals surface area contributed by atoms with Crippen LogP contribution in [0.1, 0.15) is 78.3 Å². The van der Waals surface area contributed by atoms with Crippen molar-refractivity contribution in [1.29, 1.82) is 0 Å². The second-order valence-electron chi connectivity index (χ2n) is 9.60. The van der Waals surface area contributed by atoms with E-state index in [-0.39, 0.29) is 30.0 Å². The van der Waals surface area contributed by atoms with E-state index in [1.54, 1.807) is 6.92 Å². The molecule has 1 aliphatic heterocycles. The van der Waals surface area contributed by atoms with E-state index < -0.39 is 71.3 Å². The largest absolute Gasteiger partial charge is 0.456 e. The van der Waals surface area contributed by atoms with Crippen molar-refractivity contribution in [3.63, 3.8) is 0 Å². The second-order valence-corrected chi connectivity index (χ2v) is 9.60. The molecule has 3 aromatic rings. The van der Waals surface area contributed by atoms with Crippen LogP contribution in [0.3, 0.4) is 0 Å². The van der Waals surface area contributed by atoms with Gasteiger partial charge < -0.3 is 14.6 Å². The first-order valence-corrected chi connectivity index (χ1v) is 12.4. The van der Waals surface area contributed by atoms with Crippen molar-refractivity contribution < 1.29 is 53.6 Å². The van der Waals surface area contributed by atoms with Crippen LogP contribution in [0.25, 0.3) is 0 Å². The minimum absolute atomic E-state index is 0.0501. The first kappa shape index (κ1) is 31.1. The molecule has 0 saturated carbocycles. The van der Waals surface area contributed by atoms with E-state index in [9.17, 15) is 44.3 Å². The van der Waals surface area contributed by atoms with Crippen molar-refractivity contribution in [2.75, 3.05) is 5.32 Å². The summed E-state index contributed by atoms with van der Waals surface area (Å²) in [5.41, 5.74) is -4.40. The molecule has 1 aliphatic rings. The summed E-state index contributed by atoms with van der Waals surface area (Å²) in [6.07, 6.45) is -14.4. The van der Waals surface area contributed by atoms with Gasteiger partial charge in [-0.25, -0.2) is 0 Å². The van der Waals surface area contributed by atoms with E-state index in [0.29, 0.717) is 24.2 Å². The molecule has 16 heteroatoms. The van der Waals surface area contributed by atoms with Gasteiger partial charge in [0.1, 0.15) is 0 Å². The maximum Gasteiger partial charge on any atom is 0.416 e. The maximum absolute atomic E-state index is 13.7. The van der Waals surface area contributed by atoms with Gasteiger partial charge in [-0.3, -0.25) is 10.1 Å². The highest BCUT2D eigenvalue weighted by atomic mass is 19.4. The summed E-state index contributed by atoms with van der Waals surface area (Å²) in [6.45, 7) is 2.34. The van der Waals surface area contributed by atoms with Crippen LogP contribution in [0, 0.1) is 0 Å². The van der Waals surface area contributed by atoms with Crippen LogP contribution in [0.15, 0.2) is 40.9 Å². The van der Waals surface area contributed by atoms with Crippen LogP contribution >= 0.6 is 0 Å². The Morgan fingerprint density at radius 3 is 2.17 bits per heavy atom. The predicted octanol–water partition coefficient (Wildman–Crippen LogP) is 7.20. The topological polar surface area (TPSA) is 89.3 Å². The van der Waals surface area contributed by atoms with Crippen molar-refractivity contribution in [2.24, 2.45) is 0 Å². The molecule has 0 radical (unpaired) electrons. The molecule has 0 aliphatic carbocycles. The number of anilines is 1. The number of hydrogen-bond donors (Lipinski definition) is 2. The number of nitrogens with one attached hydrogen (secondary N) is 2. The summed E-state index contributed by atoms with van der Waals surface area (Å²) in [7, 11) is 0. The number of carbonyl (C=O) groups is 1. The van der Waals surface area contributed by atoms with Crippen molar-refractivity contribution >= 4 is 11.7 Å². The molecular weight excluding hydrogens is 587 g/mol. The van der Waals surface area contributed by atoms with Gasteiger partial charge in [0.05, 0.1) is 22.7 Å². The van der Waals surface area contributed by atoms with Gasteiger partial charge in [-0.1, -0.05) is 12.1 Å². The number of halogens is 9. The lowest BCUT2D eigenvalue weighted by Gasteiger charge is -2.35. The molecule has 2 N–H and O–H groups in total. The molecule has 0 fully saturated rings. The first-order chi connectivity index (χ1) is 19.5. The van der Waals surface area contributed by atoms with Gasteiger partial charge in [0.2, 0.25) is 0 Å². The summed E-state index contributed by atoms with van der Waals surface area (Å²) < 4.78 is 133. The zero-order chi connectivity index (χ0) is 31.0. The van der Waals surface area contributed by atoms with Crippen LogP contribution in [-0.2, 0) is 34.7 Å². The Morgan fingerprint density at radius 2 is 1.62 bits per heavy atom. The number of nitrogens with zero attached hydrogens (tertiary/aromatic N) is 2. The monoisotopic (exact) mass is 610 g/mol. The average molecular weight is 610 g/mol. The minimum atomic E-state index is -5.17. The Labute approximate surface area is 232 Å². The summed E-state index contributed by atoms with van der Waals surface area (Å²) in [5.74, 6) is -1.47. The molecule has 42 heavy (non-hydrogen) atoms. The van der Waals surface area contributed by atoms with Gasteiger partial charge in [-0.05, 0) is 60.4 Å². The molecule has 1 unspecified atom stereocenters. The fourth-order valence-corrected chi connectivity index (χ4v) is 4.55. The number of rotatable bonds is 7. The number of carbonyl (C=O) groups excluding carboxylic acids is 1. The van der Waals surface area contributed by atoms with E-state index >= 15 is 0 Å². The number of alkyl halides is 9. The molecule has 228 valence electrons. The molecule has 0 bridgehead atoms. The van der Waals surface area contributed by atoms with Crippen LogP contribution in [0.5, 0.6) is 0 Å². The van der Waals surface area contributed by atoms with Crippen molar-refractivity contribution in [3.05, 3.63) is 75.9 Å². The highest BCUT2D eigenvalue weighted by molar-refractivity contribution is 5.65. The molecule has 0 amide bonds. The fraction of sp³-hybridized carbons (Fsp3) is 0.423. The molecule has 3 atom stereocenters. The van der Waals surface area contributed by atoms with Crippen LogP contribution in [0.4, 0.5) is 45.2 Å². The fourth-order valence-electron chi connectivity index (χ4n) is 4.55. The van der Waals surface area contributed by atoms with E-state index in [4.69, 9.17) is 9.26 Å². The SMILES string of the molecule is CC[C@@H]1C[C@H](NC(c2cc(C(F)(F)F)cc(C(F)(F)F)c2)c2noc(COC(C)=O)n2)c2cc(C(F)(F)F)ccc2N1. The van der Waals surface area contributed by atoms with E-state index in [2.05, 4.69) is 20.8 Å². The number of fused-ring (bicyclic) bond motifs is 1. The molecule has 0 spiro atoms. The van der Waals surface area contributed by atoms with Gasteiger partial charge in [0.25, 0.3) is 5.89 Å². The van der Waals surface area contributed by atoms with Gasteiger partial charge >= 0.3 is 24.5 Å². The molecular formula is C26H23F9N4O3. The predicted molar refractivity (Wildman–Crippen MR) is 128 cm³/mol. The summed E-state index contributed by atoms with van der Waals surface area (Å²) >= 11 is 0. The van der Waals surface area contributed by atoms with Crippen LogP contribution < -0.4 is 10.6 Å². The Kier molecular flexibility index (Phi) is 8.49. The normalized spacial score (nSPS) is 18.3. The smallest absolute Gasteiger partial charge is 0.416 e. The molecule has 2 aromatic carbocycles. The van der Waals surface area contributed by atoms with Gasteiger partial charge in [-0.2, -0.15) is 44.5 Å². The lowest BCUT2D eigenvalue weighted by Crippen LogP contribution is -2.37. The highest BCUT2D eigenvalue weighted by Gasteiger charge is 2.40. The number of aromatic nitrogens is 2. The molecule has 0 saturated heterocycles. The summed E-state index contributed by atoms with van der Waals surface area (Å²) in [5, 5.41) is 9.66. The van der Waals surface area contributed by atoms with E-state index in [1.165, 1.54) is 6.07 Å². The Bertz CT molecular complexity index is 1400. The summed E-state index contributed by atoms with van der Waals surface area (Å²) in [6, 6.07) is 0.904. The third-order valence-corrected chi connectivity index (χ3v) is 6.58. The minimum Gasteiger partial charge on any atom is -0.456 e. The third kappa shape index (κ3) is 7.14. The number of benzene rings is 2. The number of esters is 1. The Morgan fingerprint density at radius 1 is 1.00 bits per heavy atom. The summed E-state index contributed by atoms with van der Waals surface area (Å²) in [4.78, 5) is 15.1. The first-order valence-electron chi connectivity index (χ1n) is 12.4. The van der Waals surface area contributed by atoms with Crippen molar-refractivity contribution in [3.8, 4) is 0 Å². The van der Waals surface area contributed by atoms with Crippen molar-refractivity contribution in [2.45, 2.75) is 70.0 Å². The quantitative estimate of drug-likeness (QED) is 0.216. The lowest BCUT2D eigenvalue weighted by atomic mass is 9.89. The number of ether oxygens (including phenoxy) is 1. The van der Waals surface area contributed by atoms with Gasteiger partial charge in [0, 0.05) is 24.7 Å². The average Bonchev–Trinajstić information content (AvgIpc) is 3.37. The molecule has 2 heterocycles. The molecule has 7 nitrogen and oxygen atoms in total. The standard InChI is InChI=1S/C26H23F9N4O3/c1-3-17-10-20(18-9-14(24(27,28)29)4-5-19(18)36-17)37-22(23-38-21(42-39-23)11-41-12(2)40)13-6-15(25(30,31)32)8-16(7-13)26(33,34)35/h4-9,17,20,22,36-37H,3,10-11H2,1-2H3/t17-,20+,22?/m1/s1. The van der Waals surface area contributed by atoms with Crippen LogP contribution in [0.2, 0.25) is 0 Å². The molecule has 1 aromatic heterocycles. The zero-order valence-corrected chi connectivity index (χ0v) is 21.8. The van der Waals surface area contributed by atoms with E-state index in [1.807, 2.05) is 0 Å².